The van der Waals surface area contributed by atoms with Crippen LogP contribution in [0.5, 0.6) is 0 Å². The number of morpholine rings is 1. The minimum absolute atomic E-state index is 0.0180. The first-order valence-electron chi connectivity index (χ1n) is 16.1. The van der Waals surface area contributed by atoms with Crippen LogP contribution in [0.3, 0.4) is 0 Å². The zero-order chi connectivity index (χ0) is 31.9. The highest BCUT2D eigenvalue weighted by molar-refractivity contribution is 6.35. The summed E-state index contributed by atoms with van der Waals surface area (Å²) in [5, 5.41) is 11.6. The van der Waals surface area contributed by atoms with E-state index in [0.29, 0.717) is 55.3 Å². The first kappa shape index (κ1) is 32.0. The third-order valence-electron chi connectivity index (χ3n) is 9.24. The number of ether oxygens (including phenoxy) is 1. The number of hydrogen-bond acceptors (Lipinski definition) is 9. The lowest BCUT2D eigenvalue weighted by atomic mass is 9.77. The maximum atomic E-state index is 13.7. The minimum Gasteiger partial charge on any atom is -0.378 e. The summed E-state index contributed by atoms with van der Waals surface area (Å²) in [5.41, 5.74) is 10.2. The van der Waals surface area contributed by atoms with E-state index in [2.05, 4.69) is 30.4 Å². The lowest BCUT2D eigenvalue weighted by Crippen LogP contribution is -2.37. The number of anilines is 2. The van der Waals surface area contributed by atoms with Crippen molar-refractivity contribution >= 4 is 40.6 Å². The Kier molecular flexibility index (Phi) is 10.5. The number of rotatable bonds is 11. The summed E-state index contributed by atoms with van der Waals surface area (Å²) in [6.07, 6.45) is 6.02. The van der Waals surface area contributed by atoms with E-state index >= 15 is 0 Å². The zero-order valence-electron chi connectivity index (χ0n) is 25.9. The fourth-order valence-electron chi connectivity index (χ4n) is 6.47. The molecule has 0 spiro atoms. The van der Waals surface area contributed by atoms with Gasteiger partial charge in [-0.05, 0) is 86.0 Å². The maximum absolute atomic E-state index is 13.7. The number of ketones is 1. The Bertz CT molecular complexity index is 1580. The lowest BCUT2D eigenvalue weighted by molar-refractivity contribution is -0.129. The van der Waals surface area contributed by atoms with Gasteiger partial charge in [0.15, 0.2) is 12.5 Å². The lowest BCUT2D eigenvalue weighted by Gasteiger charge is -2.29. The smallest absolute Gasteiger partial charge is 0.228 e. The van der Waals surface area contributed by atoms with Crippen molar-refractivity contribution in [2.24, 2.45) is 38.7 Å². The average molecular weight is 642 g/mol. The van der Waals surface area contributed by atoms with Crippen LogP contribution in [0, 0.1) is 17.8 Å². The van der Waals surface area contributed by atoms with Crippen LogP contribution >= 0.6 is 11.6 Å². The van der Waals surface area contributed by atoms with E-state index < -0.39 is 5.92 Å². The molecule has 3 aromatic rings. The van der Waals surface area contributed by atoms with E-state index in [1.165, 1.54) is 0 Å². The van der Waals surface area contributed by atoms with Gasteiger partial charge in [-0.3, -0.25) is 9.59 Å². The number of amides is 1. The van der Waals surface area contributed by atoms with Crippen LogP contribution in [0.2, 0.25) is 5.02 Å². The Labute approximate surface area is 274 Å². The highest BCUT2D eigenvalue weighted by atomic mass is 35.5. The number of Topliss-reactive ketones (excluding diaryl/α,β-unsaturated/α-hetero) is 1. The quantitative estimate of drug-likeness (QED) is 0.266. The van der Waals surface area contributed by atoms with Crippen LogP contribution in [0.15, 0.2) is 76.0 Å². The van der Waals surface area contributed by atoms with Gasteiger partial charge in [-0.25, -0.2) is 9.98 Å². The number of nitrogens with one attached hydrogen (secondary N) is 1. The predicted octanol–water partition coefficient (Wildman–Crippen LogP) is 5.93. The molecule has 1 amide bonds. The Morgan fingerprint density at radius 3 is 2.37 bits per heavy atom. The highest BCUT2D eigenvalue weighted by Crippen LogP contribution is 2.35. The van der Waals surface area contributed by atoms with Gasteiger partial charge < -0.3 is 20.7 Å². The fraction of sp³-hybridized carbons (Fsp3) is 0.429. The third-order valence-corrected chi connectivity index (χ3v) is 9.61. The molecule has 2 aliphatic heterocycles. The first-order valence-corrected chi connectivity index (χ1v) is 16.5. The Morgan fingerprint density at radius 2 is 1.70 bits per heavy atom. The Morgan fingerprint density at radius 1 is 0.978 bits per heavy atom. The molecule has 1 atom stereocenters. The molecule has 1 aliphatic carbocycles. The topological polar surface area (TPSA) is 135 Å². The summed E-state index contributed by atoms with van der Waals surface area (Å²) < 4.78 is 5.48. The van der Waals surface area contributed by atoms with Gasteiger partial charge in [0.05, 0.1) is 18.2 Å². The van der Waals surface area contributed by atoms with Gasteiger partial charge in [-0.1, -0.05) is 35.9 Å². The molecule has 1 aromatic heterocycles. The molecule has 1 saturated carbocycles. The molecule has 2 fully saturated rings. The van der Waals surface area contributed by atoms with E-state index in [0.717, 1.165) is 66.8 Å². The van der Waals surface area contributed by atoms with Crippen LogP contribution in [0.4, 0.5) is 11.5 Å². The minimum atomic E-state index is -0.518. The van der Waals surface area contributed by atoms with Crippen molar-refractivity contribution in [1.82, 2.24) is 4.98 Å². The van der Waals surface area contributed by atoms with Crippen LogP contribution in [0.1, 0.15) is 43.2 Å². The van der Waals surface area contributed by atoms with Gasteiger partial charge >= 0.3 is 0 Å². The Balaban J connectivity index is 1.17. The van der Waals surface area contributed by atoms with Crippen molar-refractivity contribution in [2.45, 2.75) is 38.5 Å². The number of aliphatic imine (C=N–C) groups is 1. The molecule has 0 radical (unpaired) electrons. The molecule has 6 rings (SSSR count). The van der Waals surface area contributed by atoms with E-state index in [1.54, 1.807) is 6.20 Å². The number of pyridine rings is 1. The number of nitrogens with zero attached hydrogens (tertiary/aromatic N) is 5. The van der Waals surface area contributed by atoms with E-state index in [1.807, 2.05) is 54.6 Å². The second-order valence-corrected chi connectivity index (χ2v) is 12.6. The van der Waals surface area contributed by atoms with Crippen molar-refractivity contribution in [1.29, 1.82) is 0 Å². The van der Waals surface area contributed by atoms with Crippen molar-refractivity contribution < 1.29 is 14.3 Å². The van der Waals surface area contributed by atoms with E-state index in [9.17, 15) is 9.59 Å². The predicted molar refractivity (Wildman–Crippen MR) is 180 cm³/mol. The summed E-state index contributed by atoms with van der Waals surface area (Å²) in [7, 11) is 0. The molecule has 10 nitrogen and oxygen atoms in total. The van der Waals surface area contributed by atoms with Crippen molar-refractivity contribution in [2.75, 3.05) is 49.7 Å². The van der Waals surface area contributed by atoms with Gasteiger partial charge in [0.25, 0.3) is 0 Å². The van der Waals surface area contributed by atoms with Crippen LogP contribution in [-0.4, -0.2) is 62.0 Å². The molecule has 240 valence electrons. The number of carbonyl (C=O) groups is 2. The molecule has 0 unspecified atom stereocenters. The number of halogens is 1. The zero-order valence-corrected chi connectivity index (χ0v) is 26.7. The average Bonchev–Trinajstić information content (AvgIpc) is 3.65. The number of azo groups is 1. The molecule has 11 heteroatoms. The number of nitrogens with two attached hydrogens (primary N) is 1. The molecule has 46 heavy (non-hydrogen) atoms. The number of benzene rings is 2. The molecular weight excluding hydrogens is 602 g/mol. The molecular formula is C35H40ClN7O3. The number of aromatic nitrogens is 1. The number of carbonyl (C=O) groups excluding carboxylic acids is 2. The monoisotopic (exact) mass is 641 g/mol. The Hall–Kier alpha value is -3.99. The van der Waals surface area contributed by atoms with Crippen molar-refractivity contribution in [3.05, 3.63) is 76.9 Å². The second kappa shape index (κ2) is 15.1. The molecule has 0 bridgehead atoms. The van der Waals surface area contributed by atoms with Crippen molar-refractivity contribution in [3.8, 4) is 11.1 Å². The third kappa shape index (κ3) is 7.68. The van der Waals surface area contributed by atoms with E-state index in [-0.39, 0.29) is 24.0 Å². The van der Waals surface area contributed by atoms with Gasteiger partial charge in [-0.2, -0.15) is 5.11 Å². The van der Waals surface area contributed by atoms with Gasteiger partial charge in [0.2, 0.25) is 5.91 Å². The first-order chi connectivity index (χ1) is 22.5. The molecule has 3 N–H and O–H groups in total. The normalized spacial score (nSPS) is 20.3. The van der Waals surface area contributed by atoms with Crippen LogP contribution in [0.25, 0.3) is 11.1 Å². The summed E-state index contributed by atoms with van der Waals surface area (Å²) >= 11 is 6.86. The number of amidine groups is 1. The second-order valence-electron chi connectivity index (χ2n) is 12.2. The summed E-state index contributed by atoms with van der Waals surface area (Å²) in [5.74, 6) is 1.28. The van der Waals surface area contributed by atoms with E-state index in [4.69, 9.17) is 22.1 Å². The van der Waals surface area contributed by atoms with Gasteiger partial charge in [-0.15, -0.1) is 5.11 Å². The van der Waals surface area contributed by atoms with Gasteiger partial charge in [0.1, 0.15) is 11.6 Å². The maximum Gasteiger partial charge on any atom is 0.228 e. The fourth-order valence-corrected chi connectivity index (χ4v) is 6.81. The molecule has 1 saturated heterocycles. The molecule has 3 heterocycles. The van der Waals surface area contributed by atoms with Crippen molar-refractivity contribution in [3.63, 3.8) is 0 Å². The summed E-state index contributed by atoms with van der Waals surface area (Å²) in [6, 6.07) is 17.4. The summed E-state index contributed by atoms with van der Waals surface area (Å²) in [6.45, 7) is 3.79. The highest BCUT2D eigenvalue weighted by Gasteiger charge is 2.30. The molecule has 2 aromatic carbocycles. The summed E-state index contributed by atoms with van der Waals surface area (Å²) in [4.78, 5) is 38.2. The number of hydrogen-bond donors (Lipinski definition) is 2. The standard InChI is InChI=1S/C35H40ClN7O3/c36-32-30(13-14-38-34(32)43-15-17-46-18-16-43)25-5-1-23(2-6-25)19-28(20-31(44)26-7-3-24(21-37)4-8-26)35(45)41-29-11-9-27(10-12-29)33-39-22-40-42-33/h1-2,5-6,9-14,24,26,28H,3-4,7-8,15-22,37H2,(H,41,45)/t24?,26?,28-/m1/s1. The van der Waals surface area contributed by atoms with Gasteiger partial charge in [0, 0.05) is 54.4 Å². The van der Waals surface area contributed by atoms with Crippen LogP contribution < -0.4 is 16.0 Å². The van der Waals surface area contributed by atoms with Crippen LogP contribution in [-0.2, 0) is 20.7 Å². The molecule has 3 aliphatic rings. The SMILES string of the molecule is NCC1CCC(C(=O)C[C@@H](Cc2ccc(-c3ccnc(N4CCOCC4)c3Cl)cc2)C(=O)Nc2ccc(C3=NCN=N3)cc2)CC1. The largest absolute Gasteiger partial charge is 0.378 e.